The summed E-state index contributed by atoms with van der Waals surface area (Å²) in [6, 6.07) is 3.23. The average molecular weight is 314 g/mol. The predicted octanol–water partition coefficient (Wildman–Crippen LogP) is 4.81. The number of hydrogen-bond acceptors (Lipinski definition) is 0. The first kappa shape index (κ1) is 10.2. The summed E-state index contributed by atoms with van der Waals surface area (Å²) in [4.78, 5) is 0. The molecular formula is C8H4Br2ClF. The number of hydrogen-bond donors (Lipinski definition) is 0. The standard InChI is InChI=1S/C8H4Br2ClF/c1-4(12)8-6(9)2-5(11)3-7(8)10/h2-3H,1H2. The van der Waals surface area contributed by atoms with Crippen LogP contribution in [-0.2, 0) is 0 Å². The molecule has 0 saturated carbocycles. The van der Waals surface area contributed by atoms with Crippen molar-refractivity contribution in [2.24, 2.45) is 0 Å². The molecule has 1 rings (SSSR count). The van der Waals surface area contributed by atoms with Gasteiger partial charge in [0.1, 0.15) is 5.83 Å². The van der Waals surface area contributed by atoms with Gasteiger partial charge < -0.3 is 0 Å². The van der Waals surface area contributed by atoms with Gasteiger partial charge in [-0.1, -0.05) is 18.2 Å². The van der Waals surface area contributed by atoms with E-state index in [4.69, 9.17) is 11.6 Å². The fraction of sp³-hybridized carbons (Fsp3) is 0. The van der Waals surface area contributed by atoms with E-state index in [2.05, 4.69) is 38.4 Å². The van der Waals surface area contributed by atoms with Gasteiger partial charge in [-0.05, 0) is 44.0 Å². The molecule has 0 aliphatic carbocycles. The zero-order valence-corrected chi connectivity index (χ0v) is 9.80. The van der Waals surface area contributed by atoms with Crippen LogP contribution in [0.5, 0.6) is 0 Å². The Bertz CT molecular complexity index is 313. The zero-order valence-electron chi connectivity index (χ0n) is 5.87. The highest BCUT2D eigenvalue weighted by molar-refractivity contribution is 9.11. The Morgan fingerprint density at radius 1 is 1.33 bits per heavy atom. The van der Waals surface area contributed by atoms with Crippen molar-refractivity contribution in [1.82, 2.24) is 0 Å². The van der Waals surface area contributed by atoms with Gasteiger partial charge in [0.15, 0.2) is 0 Å². The molecule has 0 aliphatic heterocycles. The van der Waals surface area contributed by atoms with Gasteiger partial charge in [-0.15, -0.1) is 0 Å². The molecule has 0 amide bonds. The van der Waals surface area contributed by atoms with Crippen LogP contribution in [0.2, 0.25) is 5.02 Å². The van der Waals surface area contributed by atoms with E-state index in [1.807, 2.05) is 0 Å². The van der Waals surface area contributed by atoms with Crippen molar-refractivity contribution >= 4 is 49.3 Å². The maximum atomic E-state index is 12.8. The molecule has 0 N–H and O–H groups in total. The van der Waals surface area contributed by atoms with Crippen LogP contribution in [-0.4, -0.2) is 0 Å². The van der Waals surface area contributed by atoms with E-state index >= 15 is 0 Å². The fourth-order valence-corrected chi connectivity index (χ4v) is 2.90. The van der Waals surface area contributed by atoms with Crippen LogP contribution in [0.15, 0.2) is 27.7 Å². The summed E-state index contributed by atoms with van der Waals surface area (Å²) < 4.78 is 14.0. The van der Waals surface area contributed by atoms with Gasteiger partial charge in [0, 0.05) is 19.5 Å². The Balaban J connectivity index is 3.38. The molecule has 0 heterocycles. The lowest BCUT2D eigenvalue weighted by atomic mass is 10.2. The third kappa shape index (κ3) is 2.09. The van der Waals surface area contributed by atoms with Crippen molar-refractivity contribution in [3.8, 4) is 0 Å². The second kappa shape index (κ2) is 3.90. The summed E-state index contributed by atoms with van der Waals surface area (Å²) in [7, 11) is 0. The third-order valence-electron chi connectivity index (χ3n) is 1.28. The molecule has 0 aliphatic rings. The normalized spacial score (nSPS) is 10.0. The Kier molecular flexibility index (Phi) is 3.32. The quantitative estimate of drug-likeness (QED) is 0.698. The lowest BCUT2D eigenvalue weighted by Gasteiger charge is -2.04. The molecule has 12 heavy (non-hydrogen) atoms. The second-order valence-corrected chi connectivity index (χ2v) is 4.29. The van der Waals surface area contributed by atoms with Crippen molar-refractivity contribution in [1.29, 1.82) is 0 Å². The lowest BCUT2D eigenvalue weighted by molar-refractivity contribution is 0.761. The van der Waals surface area contributed by atoms with Crippen LogP contribution in [0.25, 0.3) is 5.83 Å². The number of halogens is 4. The summed E-state index contributed by atoms with van der Waals surface area (Å²) in [5.41, 5.74) is 0.402. The maximum Gasteiger partial charge on any atom is 0.125 e. The van der Waals surface area contributed by atoms with Crippen molar-refractivity contribution in [3.63, 3.8) is 0 Å². The molecule has 0 saturated heterocycles. The van der Waals surface area contributed by atoms with E-state index in [9.17, 15) is 4.39 Å². The van der Waals surface area contributed by atoms with Gasteiger partial charge in [-0.25, -0.2) is 4.39 Å². The summed E-state index contributed by atoms with van der Waals surface area (Å²) in [5, 5.41) is 0.541. The minimum absolute atomic E-state index is 0.402. The van der Waals surface area contributed by atoms with Gasteiger partial charge >= 0.3 is 0 Å². The lowest BCUT2D eigenvalue weighted by Crippen LogP contribution is -1.82. The predicted molar refractivity (Wildman–Crippen MR) is 57.0 cm³/mol. The molecule has 0 fully saturated rings. The van der Waals surface area contributed by atoms with Crippen LogP contribution < -0.4 is 0 Å². The highest BCUT2D eigenvalue weighted by atomic mass is 79.9. The Morgan fingerprint density at radius 2 is 1.75 bits per heavy atom. The molecule has 0 spiro atoms. The molecule has 0 radical (unpaired) electrons. The first-order valence-corrected chi connectivity index (χ1v) is 4.98. The van der Waals surface area contributed by atoms with Gasteiger partial charge in [0.2, 0.25) is 0 Å². The highest BCUT2D eigenvalue weighted by Gasteiger charge is 2.09. The summed E-state index contributed by atoms with van der Waals surface area (Å²) in [5.74, 6) is -0.495. The molecule has 0 nitrogen and oxygen atoms in total. The van der Waals surface area contributed by atoms with Crippen LogP contribution in [0.4, 0.5) is 4.39 Å². The monoisotopic (exact) mass is 312 g/mol. The van der Waals surface area contributed by atoms with Crippen LogP contribution in [0.1, 0.15) is 5.56 Å². The Hall–Kier alpha value is 0.140. The van der Waals surface area contributed by atoms with Crippen molar-refractivity contribution < 1.29 is 4.39 Å². The molecule has 64 valence electrons. The van der Waals surface area contributed by atoms with E-state index < -0.39 is 5.83 Å². The van der Waals surface area contributed by atoms with Gasteiger partial charge in [-0.2, -0.15) is 0 Å². The number of benzene rings is 1. The van der Waals surface area contributed by atoms with E-state index in [0.29, 0.717) is 19.5 Å². The minimum Gasteiger partial charge on any atom is -0.207 e. The third-order valence-corrected chi connectivity index (χ3v) is 2.75. The molecule has 0 aromatic heterocycles. The first-order chi connectivity index (χ1) is 5.52. The first-order valence-electron chi connectivity index (χ1n) is 3.01. The largest absolute Gasteiger partial charge is 0.207 e. The van der Waals surface area contributed by atoms with E-state index in [1.165, 1.54) is 0 Å². The molecule has 1 aromatic carbocycles. The molecule has 0 unspecified atom stereocenters. The maximum absolute atomic E-state index is 12.8. The van der Waals surface area contributed by atoms with Gasteiger partial charge in [0.25, 0.3) is 0 Å². The molecular weight excluding hydrogens is 310 g/mol. The average Bonchev–Trinajstić information content (AvgIpc) is 1.82. The fourth-order valence-electron chi connectivity index (χ4n) is 0.801. The van der Waals surface area contributed by atoms with Crippen molar-refractivity contribution in [2.45, 2.75) is 0 Å². The summed E-state index contributed by atoms with van der Waals surface area (Å²) in [6.07, 6.45) is 0. The van der Waals surface area contributed by atoms with E-state index in [0.717, 1.165) is 0 Å². The van der Waals surface area contributed by atoms with E-state index in [1.54, 1.807) is 12.1 Å². The minimum atomic E-state index is -0.495. The van der Waals surface area contributed by atoms with Gasteiger partial charge in [-0.3, -0.25) is 0 Å². The Morgan fingerprint density at radius 3 is 2.08 bits per heavy atom. The smallest absolute Gasteiger partial charge is 0.125 e. The van der Waals surface area contributed by atoms with E-state index in [-0.39, 0.29) is 0 Å². The van der Waals surface area contributed by atoms with Crippen LogP contribution in [0.3, 0.4) is 0 Å². The van der Waals surface area contributed by atoms with Crippen molar-refractivity contribution in [2.75, 3.05) is 0 Å². The highest BCUT2D eigenvalue weighted by Crippen LogP contribution is 2.34. The molecule has 1 aromatic rings. The zero-order chi connectivity index (χ0) is 9.30. The van der Waals surface area contributed by atoms with Crippen LogP contribution >= 0.6 is 43.5 Å². The van der Waals surface area contributed by atoms with Crippen LogP contribution in [0, 0.1) is 0 Å². The molecule has 0 bridgehead atoms. The Labute approximate surface area is 91.7 Å². The molecule has 4 heteroatoms. The van der Waals surface area contributed by atoms with Gasteiger partial charge in [0.05, 0.1) is 0 Å². The summed E-state index contributed by atoms with van der Waals surface area (Å²) >= 11 is 12.1. The SMILES string of the molecule is C=C(F)c1c(Br)cc(Cl)cc1Br. The summed E-state index contributed by atoms with van der Waals surface area (Å²) in [6.45, 7) is 3.21. The van der Waals surface area contributed by atoms with Crippen molar-refractivity contribution in [3.05, 3.63) is 38.2 Å². The second-order valence-electron chi connectivity index (χ2n) is 2.15. The number of rotatable bonds is 1. The topological polar surface area (TPSA) is 0 Å². The molecule has 0 atom stereocenters.